The molecule has 2 heterocycles. The lowest BCUT2D eigenvalue weighted by molar-refractivity contribution is 0.00913. The number of methoxy groups -OCH3 is 1. The SMILES string of the molecule is COc1ccc(N2C(=O)n3c(=O)n(C)c(=O)n3[C@H]3C=C[C@@H](O)[C@H](O)[C@H]32)cc1. The summed E-state index contributed by atoms with van der Waals surface area (Å²) in [6, 6.07) is 3.91. The molecular formula is C17H18N4O6. The van der Waals surface area contributed by atoms with Crippen molar-refractivity contribution in [3.05, 3.63) is 57.4 Å². The third-order valence-corrected chi connectivity index (χ3v) is 5.04. The molecule has 4 atom stereocenters. The van der Waals surface area contributed by atoms with Gasteiger partial charge in [-0.2, -0.15) is 0 Å². The topological polar surface area (TPSA) is 119 Å². The highest BCUT2D eigenvalue weighted by atomic mass is 16.5. The quantitative estimate of drug-likeness (QED) is 0.654. The standard InChI is InChI=1S/C17H18N4O6/c1-18-15(24)20-11-7-8-12(22)14(23)13(11)19(17(26)21(20)16(18)25)9-3-5-10(27-2)6-4-9/h3-8,11-14,22-23H,1-2H3/t11-,12+,13-,14-/m0/s1. The smallest absolute Gasteiger partial charge is 0.355 e. The van der Waals surface area contributed by atoms with Gasteiger partial charge in [-0.15, -0.1) is 4.68 Å². The van der Waals surface area contributed by atoms with E-state index in [0.717, 1.165) is 13.9 Å². The Morgan fingerprint density at radius 2 is 1.67 bits per heavy atom. The molecule has 1 amide bonds. The normalized spacial score (nSPS) is 26.7. The molecule has 2 N–H and O–H groups in total. The Morgan fingerprint density at radius 3 is 2.30 bits per heavy atom. The van der Waals surface area contributed by atoms with Crippen LogP contribution in [0.25, 0.3) is 0 Å². The minimum absolute atomic E-state index is 0.395. The molecule has 1 aliphatic heterocycles. The maximum Gasteiger partial charge on any atom is 0.355 e. The van der Waals surface area contributed by atoms with Gasteiger partial charge in [-0.1, -0.05) is 12.2 Å². The van der Waals surface area contributed by atoms with Gasteiger partial charge in [0.1, 0.15) is 18.0 Å². The molecule has 0 fully saturated rings. The van der Waals surface area contributed by atoms with E-state index in [1.54, 1.807) is 24.3 Å². The van der Waals surface area contributed by atoms with E-state index in [2.05, 4.69) is 0 Å². The number of ether oxygens (including phenoxy) is 1. The van der Waals surface area contributed by atoms with E-state index in [1.165, 1.54) is 31.2 Å². The van der Waals surface area contributed by atoms with Gasteiger partial charge in [-0.3, -0.25) is 4.90 Å². The first-order valence-electron chi connectivity index (χ1n) is 8.29. The molecule has 0 saturated heterocycles. The molecule has 0 bridgehead atoms. The summed E-state index contributed by atoms with van der Waals surface area (Å²) in [6.07, 6.45) is 0.309. The molecule has 0 unspecified atom stereocenters. The molecule has 2 aromatic rings. The molecule has 1 aromatic carbocycles. The summed E-state index contributed by atoms with van der Waals surface area (Å²) in [6.45, 7) is 0. The number of aliphatic hydroxyl groups is 2. The second kappa shape index (κ2) is 5.96. The third-order valence-electron chi connectivity index (χ3n) is 5.04. The number of aromatic nitrogens is 3. The largest absolute Gasteiger partial charge is 0.497 e. The zero-order valence-electron chi connectivity index (χ0n) is 14.6. The second-order valence-corrected chi connectivity index (χ2v) is 6.48. The number of hydrogen-bond acceptors (Lipinski definition) is 6. The van der Waals surface area contributed by atoms with Gasteiger partial charge in [-0.25, -0.2) is 23.6 Å². The lowest BCUT2D eigenvalue weighted by atomic mass is 9.89. The van der Waals surface area contributed by atoms with Crippen molar-refractivity contribution < 1.29 is 19.7 Å². The fourth-order valence-corrected chi connectivity index (χ4v) is 3.64. The fourth-order valence-electron chi connectivity index (χ4n) is 3.64. The van der Waals surface area contributed by atoms with E-state index in [4.69, 9.17) is 4.74 Å². The van der Waals surface area contributed by atoms with Gasteiger partial charge in [0.25, 0.3) is 0 Å². The summed E-state index contributed by atoms with van der Waals surface area (Å²) in [5.41, 5.74) is -1.06. The molecule has 10 heteroatoms. The number of hydrogen-bond donors (Lipinski definition) is 2. The number of amides is 1. The van der Waals surface area contributed by atoms with Crippen LogP contribution in [0.2, 0.25) is 0 Å². The monoisotopic (exact) mass is 374 g/mol. The number of anilines is 1. The van der Waals surface area contributed by atoms with Crippen LogP contribution in [0.5, 0.6) is 5.75 Å². The van der Waals surface area contributed by atoms with Gasteiger partial charge >= 0.3 is 17.4 Å². The molecule has 0 spiro atoms. The van der Waals surface area contributed by atoms with Gasteiger partial charge in [-0.05, 0) is 24.3 Å². The van der Waals surface area contributed by atoms with Crippen LogP contribution in [0.15, 0.2) is 46.0 Å². The van der Waals surface area contributed by atoms with Crippen LogP contribution in [0, 0.1) is 0 Å². The Hall–Kier alpha value is -3.11. The van der Waals surface area contributed by atoms with Crippen molar-refractivity contribution in [2.24, 2.45) is 7.05 Å². The zero-order valence-corrected chi connectivity index (χ0v) is 14.6. The predicted molar refractivity (Wildman–Crippen MR) is 94.2 cm³/mol. The van der Waals surface area contributed by atoms with Gasteiger partial charge in [0.05, 0.1) is 19.2 Å². The minimum atomic E-state index is -1.35. The van der Waals surface area contributed by atoms with Crippen LogP contribution in [-0.2, 0) is 7.05 Å². The molecule has 142 valence electrons. The van der Waals surface area contributed by atoms with Crippen LogP contribution in [0.4, 0.5) is 10.5 Å². The van der Waals surface area contributed by atoms with E-state index in [0.29, 0.717) is 11.4 Å². The molecule has 0 saturated carbocycles. The van der Waals surface area contributed by atoms with Crippen molar-refractivity contribution in [2.75, 3.05) is 12.0 Å². The number of aliphatic hydroxyl groups excluding tert-OH is 2. The molecule has 27 heavy (non-hydrogen) atoms. The Labute approximate surface area is 152 Å². The van der Waals surface area contributed by atoms with Crippen LogP contribution in [-0.4, -0.2) is 55.5 Å². The fraction of sp³-hybridized carbons (Fsp3) is 0.353. The number of benzene rings is 1. The van der Waals surface area contributed by atoms with Gasteiger partial charge in [0.2, 0.25) is 0 Å². The molecule has 1 aliphatic carbocycles. The van der Waals surface area contributed by atoms with Crippen molar-refractivity contribution in [1.29, 1.82) is 0 Å². The number of carbonyl (C=O) groups excluding carboxylic acids is 1. The molecule has 4 rings (SSSR count). The van der Waals surface area contributed by atoms with Crippen LogP contribution < -0.4 is 21.0 Å². The first kappa shape index (κ1) is 17.3. The Balaban J connectivity index is 1.97. The Kier molecular flexibility index (Phi) is 3.82. The highest BCUT2D eigenvalue weighted by Crippen LogP contribution is 2.34. The van der Waals surface area contributed by atoms with Crippen molar-refractivity contribution >= 4 is 11.7 Å². The van der Waals surface area contributed by atoms with Gasteiger partial charge in [0, 0.05) is 12.7 Å². The third kappa shape index (κ3) is 2.30. The first-order valence-corrected chi connectivity index (χ1v) is 8.29. The van der Waals surface area contributed by atoms with Gasteiger partial charge in [0.15, 0.2) is 0 Å². The second-order valence-electron chi connectivity index (χ2n) is 6.48. The Bertz CT molecular complexity index is 1050. The summed E-state index contributed by atoms with van der Waals surface area (Å²) in [5.74, 6) is 0.567. The number of nitrogens with zero attached hydrogens (tertiary/aromatic N) is 4. The van der Waals surface area contributed by atoms with E-state index in [9.17, 15) is 24.6 Å². The van der Waals surface area contributed by atoms with Crippen LogP contribution in [0.3, 0.4) is 0 Å². The predicted octanol–water partition coefficient (Wildman–Crippen LogP) is -0.953. The first-order chi connectivity index (χ1) is 12.9. The highest BCUT2D eigenvalue weighted by Gasteiger charge is 2.48. The summed E-state index contributed by atoms with van der Waals surface area (Å²) >= 11 is 0. The molecule has 10 nitrogen and oxygen atoms in total. The Morgan fingerprint density at radius 1 is 1.00 bits per heavy atom. The van der Waals surface area contributed by atoms with Crippen LogP contribution in [0.1, 0.15) is 6.04 Å². The zero-order chi connectivity index (χ0) is 19.5. The molecule has 2 aliphatic rings. The van der Waals surface area contributed by atoms with Crippen LogP contribution >= 0.6 is 0 Å². The minimum Gasteiger partial charge on any atom is -0.497 e. The van der Waals surface area contributed by atoms with E-state index >= 15 is 0 Å². The van der Waals surface area contributed by atoms with E-state index in [-0.39, 0.29) is 0 Å². The van der Waals surface area contributed by atoms with Crippen molar-refractivity contribution in [2.45, 2.75) is 24.3 Å². The highest BCUT2D eigenvalue weighted by molar-refractivity contribution is 5.94. The van der Waals surface area contributed by atoms with E-state index in [1.807, 2.05) is 0 Å². The summed E-state index contributed by atoms with van der Waals surface area (Å²) in [4.78, 5) is 39.3. The lowest BCUT2D eigenvalue weighted by Crippen LogP contribution is -2.64. The molecular weight excluding hydrogens is 356 g/mol. The molecule has 1 aromatic heterocycles. The number of fused-ring (bicyclic) bond motifs is 3. The summed E-state index contributed by atoms with van der Waals surface area (Å²) < 4.78 is 7.71. The van der Waals surface area contributed by atoms with Crippen molar-refractivity contribution in [3.8, 4) is 5.75 Å². The maximum atomic E-state index is 13.1. The van der Waals surface area contributed by atoms with Crippen molar-refractivity contribution in [1.82, 2.24) is 13.9 Å². The van der Waals surface area contributed by atoms with Gasteiger partial charge < -0.3 is 14.9 Å². The average molecular weight is 374 g/mol. The number of carbonyl (C=O) groups is 1. The van der Waals surface area contributed by atoms with E-state index < -0.39 is 41.7 Å². The summed E-state index contributed by atoms with van der Waals surface area (Å²) in [7, 11) is 2.78. The lowest BCUT2D eigenvalue weighted by Gasteiger charge is -2.45. The molecule has 0 radical (unpaired) electrons. The average Bonchev–Trinajstić information content (AvgIpc) is 2.90. The maximum absolute atomic E-state index is 13.1. The summed E-state index contributed by atoms with van der Waals surface area (Å²) in [5, 5.41) is 20.7. The van der Waals surface area contributed by atoms with Crippen molar-refractivity contribution in [3.63, 3.8) is 0 Å². The number of rotatable bonds is 2.